The molecule has 1 amide bonds. The minimum atomic E-state index is -0.576. The maximum atomic E-state index is 12.6. The van der Waals surface area contributed by atoms with Crippen LogP contribution < -0.4 is 5.32 Å². The topological polar surface area (TPSA) is 99.0 Å². The van der Waals surface area contributed by atoms with Crippen molar-refractivity contribution in [1.29, 1.82) is 0 Å². The summed E-state index contributed by atoms with van der Waals surface area (Å²) in [5.74, 6) is -1.02. The number of hydrogen-bond acceptors (Lipinski definition) is 7. The third-order valence-electron chi connectivity index (χ3n) is 4.66. The van der Waals surface area contributed by atoms with Crippen LogP contribution in [0.4, 0.5) is 5.69 Å². The van der Waals surface area contributed by atoms with E-state index in [0.717, 1.165) is 17.3 Å². The van der Waals surface area contributed by atoms with Gasteiger partial charge in [-0.3, -0.25) is 9.48 Å². The van der Waals surface area contributed by atoms with E-state index in [1.54, 1.807) is 23.7 Å². The van der Waals surface area contributed by atoms with Crippen LogP contribution in [0.2, 0.25) is 0 Å². The summed E-state index contributed by atoms with van der Waals surface area (Å²) >= 11 is 1.07. The smallest absolute Gasteiger partial charge is 0.342 e. The summed E-state index contributed by atoms with van der Waals surface area (Å²) in [4.78, 5) is 24.9. The Hall–Kier alpha value is -3.59. The number of benzene rings is 2. The summed E-state index contributed by atoms with van der Waals surface area (Å²) in [6, 6.07) is 15.2. The van der Waals surface area contributed by atoms with E-state index in [9.17, 15) is 9.59 Å². The van der Waals surface area contributed by atoms with Crippen molar-refractivity contribution in [3.8, 4) is 0 Å². The highest BCUT2D eigenvalue weighted by Gasteiger charge is 2.21. The number of esters is 1. The first-order chi connectivity index (χ1) is 14.5. The van der Waals surface area contributed by atoms with E-state index in [2.05, 4.69) is 19.2 Å². The van der Waals surface area contributed by atoms with Crippen molar-refractivity contribution in [2.75, 3.05) is 11.9 Å². The molecule has 0 bridgehead atoms. The zero-order valence-corrected chi connectivity index (χ0v) is 17.3. The van der Waals surface area contributed by atoms with Crippen molar-refractivity contribution in [1.82, 2.24) is 18.5 Å². The lowest BCUT2D eigenvalue weighted by atomic mass is 10.2. The second kappa shape index (κ2) is 8.42. The number of amides is 1. The van der Waals surface area contributed by atoms with Gasteiger partial charge in [-0.25, -0.2) is 4.79 Å². The largest absolute Gasteiger partial charge is 0.452 e. The third-order valence-corrected chi connectivity index (χ3v) is 5.20. The van der Waals surface area contributed by atoms with Crippen molar-refractivity contribution in [2.45, 2.75) is 20.4 Å². The molecular formula is C21H19N5O3S. The van der Waals surface area contributed by atoms with E-state index in [1.165, 1.54) is 0 Å². The number of aromatic nitrogens is 4. The Bertz CT molecular complexity index is 1220. The number of nitrogens with one attached hydrogen (secondary N) is 1. The maximum Gasteiger partial charge on any atom is 0.342 e. The zero-order valence-electron chi connectivity index (χ0n) is 16.5. The molecule has 30 heavy (non-hydrogen) atoms. The molecule has 0 radical (unpaired) electrons. The molecule has 2 aromatic heterocycles. The summed E-state index contributed by atoms with van der Waals surface area (Å²) in [6.45, 7) is 3.71. The van der Waals surface area contributed by atoms with Crippen molar-refractivity contribution in [3.05, 3.63) is 71.0 Å². The van der Waals surface area contributed by atoms with Crippen LogP contribution in [0.25, 0.3) is 11.0 Å². The SMILES string of the molecule is Cc1nn(Cc2ccccc2)c(C)c1C(=O)OCC(=O)Nc1cccc2nsnc12. The van der Waals surface area contributed by atoms with Gasteiger partial charge in [-0.1, -0.05) is 36.4 Å². The summed E-state index contributed by atoms with van der Waals surface area (Å²) in [6.07, 6.45) is 0. The van der Waals surface area contributed by atoms with Gasteiger partial charge in [0, 0.05) is 0 Å². The number of carbonyl (C=O) groups is 2. The number of hydrogen-bond donors (Lipinski definition) is 1. The molecule has 0 aliphatic heterocycles. The van der Waals surface area contributed by atoms with E-state index in [4.69, 9.17) is 4.74 Å². The van der Waals surface area contributed by atoms with Gasteiger partial charge in [-0.05, 0) is 31.5 Å². The van der Waals surface area contributed by atoms with Crippen LogP contribution >= 0.6 is 11.7 Å². The fourth-order valence-electron chi connectivity index (χ4n) is 3.20. The Balaban J connectivity index is 1.41. The Kier molecular flexibility index (Phi) is 5.53. The number of aryl methyl sites for hydroxylation is 1. The van der Waals surface area contributed by atoms with Gasteiger partial charge < -0.3 is 10.1 Å². The lowest BCUT2D eigenvalue weighted by Gasteiger charge is -2.08. The molecule has 0 atom stereocenters. The van der Waals surface area contributed by atoms with Crippen molar-refractivity contribution in [2.24, 2.45) is 0 Å². The molecule has 9 heteroatoms. The Labute approximate surface area is 176 Å². The summed E-state index contributed by atoms with van der Waals surface area (Å²) in [5, 5.41) is 7.16. The minimum Gasteiger partial charge on any atom is -0.452 e. The van der Waals surface area contributed by atoms with Gasteiger partial charge >= 0.3 is 5.97 Å². The molecule has 2 heterocycles. The van der Waals surface area contributed by atoms with E-state index >= 15 is 0 Å². The highest BCUT2D eigenvalue weighted by Crippen LogP contribution is 2.21. The molecule has 0 saturated heterocycles. The zero-order chi connectivity index (χ0) is 21.1. The summed E-state index contributed by atoms with van der Waals surface area (Å²) < 4.78 is 15.3. The van der Waals surface area contributed by atoms with E-state index in [1.807, 2.05) is 43.3 Å². The fourth-order valence-corrected chi connectivity index (χ4v) is 3.75. The number of anilines is 1. The average Bonchev–Trinajstić information content (AvgIpc) is 3.32. The predicted molar refractivity (Wildman–Crippen MR) is 114 cm³/mol. The van der Waals surface area contributed by atoms with Gasteiger partial charge in [0.1, 0.15) is 16.6 Å². The normalized spacial score (nSPS) is 10.9. The third kappa shape index (κ3) is 4.06. The van der Waals surface area contributed by atoms with Gasteiger partial charge in [0.2, 0.25) is 0 Å². The number of rotatable bonds is 6. The van der Waals surface area contributed by atoms with Gasteiger partial charge in [0.25, 0.3) is 5.91 Å². The molecule has 8 nitrogen and oxygen atoms in total. The van der Waals surface area contributed by atoms with Crippen LogP contribution in [-0.4, -0.2) is 37.0 Å². The van der Waals surface area contributed by atoms with Crippen LogP contribution in [-0.2, 0) is 16.1 Å². The average molecular weight is 421 g/mol. The monoisotopic (exact) mass is 421 g/mol. The van der Waals surface area contributed by atoms with E-state index < -0.39 is 18.5 Å². The predicted octanol–water partition coefficient (Wildman–Crippen LogP) is 3.35. The van der Waals surface area contributed by atoms with Crippen LogP contribution in [0, 0.1) is 13.8 Å². The van der Waals surface area contributed by atoms with Gasteiger partial charge in [-0.2, -0.15) is 13.8 Å². The Morgan fingerprint density at radius 3 is 2.67 bits per heavy atom. The number of ether oxygens (including phenoxy) is 1. The molecule has 0 unspecified atom stereocenters. The quantitative estimate of drug-likeness (QED) is 0.480. The number of nitrogens with zero attached hydrogens (tertiary/aromatic N) is 4. The summed E-state index contributed by atoms with van der Waals surface area (Å²) in [5.41, 5.74) is 4.55. The molecule has 2 aromatic carbocycles. The highest BCUT2D eigenvalue weighted by molar-refractivity contribution is 7.00. The van der Waals surface area contributed by atoms with Crippen LogP contribution in [0.3, 0.4) is 0 Å². The van der Waals surface area contributed by atoms with Crippen molar-refractivity contribution in [3.63, 3.8) is 0 Å². The van der Waals surface area contributed by atoms with Gasteiger partial charge in [-0.15, -0.1) is 0 Å². The summed E-state index contributed by atoms with van der Waals surface area (Å²) in [7, 11) is 0. The molecule has 0 aliphatic carbocycles. The molecule has 4 aromatic rings. The molecule has 0 aliphatic rings. The Morgan fingerprint density at radius 1 is 1.07 bits per heavy atom. The molecule has 1 N–H and O–H groups in total. The lowest BCUT2D eigenvalue weighted by molar-refractivity contribution is -0.119. The van der Waals surface area contributed by atoms with Crippen molar-refractivity contribution < 1.29 is 14.3 Å². The van der Waals surface area contributed by atoms with Crippen LogP contribution in [0.5, 0.6) is 0 Å². The second-order valence-corrected chi connectivity index (χ2v) is 7.28. The molecular weight excluding hydrogens is 402 g/mol. The molecule has 0 spiro atoms. The van der Waals surface area contributed by atoms with Crippen LogP contribution in [0.1, 0.15) is 27.3 Å². The molecule has 4 rings (SSSR count). The fraction of sp³-hybridized carbons (Fsp3) is 0.190. The lowest BCUT2D eigenvalue weighted by Crippen LogP contribution is -2.21. The first-order valence-corrected chi connectivity index (χ1v) is 10.0. The van der Waals surface area contributed by atoms with E-state index in [0.29, 0.717) is 40.2 Å². The highest BCUT2D eigenvalue weighted by atomic mass is 32.1. The van der Waals surface area contributed by atoms with Crippen LogP contribution in [0.15, 0.2) is 48.5 Å². The molecule has 0 fully saturated rings. The first-order valence-electron chi connectivity index (χ1n) is 9.29. The van der Waals surface area contributed by atoms with E-state index in [-0.39, 0.29) is 0 Å². The maximum absolute atomic E-state index is 12.6. The Morgan fingerprint density at radius 2 is 1.87 bits per heavy atom. The van der Waals surface area contributed by atoms with Gasteiger partial charge in [0.05, 0.1) is 35.3 Å². The molecule has 0 saturated carbocycles. The van der Waals surface area contributed by atoms with Crippen molar-refractivity contribution >= 4 is 40.3 Å². The second-order valence-electron chi connectivity index (χ2n) is 6.75. The number of fused-ring (bicyclic) bond motifs is 1. The first kappa shape index (κ1) is 19.7. The number of carbonyl (C=O) groups excluding carboxylic acids is 2. The van der Waals surface area contributed by atoms with Gasteiger partial charge in [0.15, 0.2) is 6.61 Å². The standard InChI is InChI=1S/C21H19N5O3S/c1-13-19(14(2)26(23-13)11-15-7-4-3-5-8-15)21(28)29-12-18(27)22-16-9-6-10-17-20(16)25-30-24-17/h3-10H,11-12H2,1-2H3,(H,22,27). The molecule has 152 valence electrons. The minimum absolute atomic E-state index is 0.379.